The summed E-state index contributed by atoms with van der Waals surface area (Å²) < 4.78 is 37.5. The van der Waals surface area contributed by atoms with E-state index in [1.54, 1.807) is 13.0 Å². The first-order valence-corrected chi connectivity index (χ1v) is 4.53. The van der Waals surface area contributed by atoms with Crippen LogP contribution in [0.25, 0.3) is 0 Å². The minimum Gasteiger partial charge on any atom is -0.398 e. The summed E-state index contributed by atoms with van der Waals surface area (Å²) in [5, 5.41) is 0. The van der Waals surface area contributed by atoms with E-state index in [0.29, 0.717) is 9.13 Å². The number of alkyl halides is 3. The maximum atomic E-state index is 12.3. The van der Waals surface area contributed by atoms with Gasteiger partial charge in [0.15, 0.2) is 0 Å². The van der Waals surface area contributed by atoms with Crippen LogP contribution in [-0.2, 0) is 6.18 Å². The lowest BCUT2D eigenvalue weighted by Crippen LogP contribution is -2.10. The highest BCUT2D eigenvalue weighted by Gasteiger charge is 2.33. The second kappa shape index (κ2) is 3.36. The van der Waals surface area contributed by atoms with E-state index >= 15 is 0 Å². The van der Waals surface area contributed by atoms with Crippen molar-refractivity contribution in [1.82, 2.24) is 0 Å². The first-order valence-electron chi connectivity index (χ1n) is 3.45. The van der Waals surface area contributed by atoms with Gasteiger partial charge >= 0.3 is 6.18 Å². The highest BCUT2D eigenvalue weighted by Crippen LogP contribution is 2.35. The van der Waals surface area contributed by atoms with E-state index in [-0.39, 0.29) is 5.69 Å². The molecule has 13 heavy (non-hydrogen) atoms. The zero-order valence-corrected chi connectivity index (χ0v) is 8.90. The molecule has 0 unspecified atom stereocenters. The highest BCUT2D eigenvalue weighted by atomic mass is 127. The van der Waals surface area contributed by atoms with Gasteiger partial charge in [-0.1, -0.05) is 0 Å². The molecule has 0 saturated heterocycles. The molecular formula is C8H7F3IN. The first kappa shape index (κ1) is 10.6. The molecule has 0 aliphatic heterocycles. The Balaban J connectivity index is 3.37. The van der Waals surface area contributed by atoms with Crippen molar-refractivity contribution >= 4 is 28.3 Å². The lowest BCUT2D eigenvalue weighted by molar-refractivity contribution is -0.137. The molecule has 1 aromatic carbocycles. The maximum absolute atomic E-state index is 12.3. The normalized spacial score (nSPS) is 11.8. The second-order valence-electron chi connectivity index (χ2n) is 2.68. The Morgan fingerprint density at radius 2 is 1.85 bits per heavy atom. The molecular weight excluding hydrogens is 294 g/mol. The van der Waals surface area contributed by atoms with Crippen LogP contribution in [0.1, 0.15) is 11.1 Å². The van der Waals surface area contributed by atoms with Crippen molar-refractivity contribution in [3.8, 4) is 0 Å². The standard InChI is InChI=1S/C8H7F3IN/c1-4-2-5(12)3-6(7(4)13)8(9,10)11/h2-3H,13H2,1H3. The number of aryl methyl sites for hydroxylation is 1. The van der Waals surface area contributed by atoms with Crippen LogP contribution in [-0.4, -0.2) is 0 Å². The van der Waals surface area contributed by atoms with Gasteiger partial charge in [-0.25, -0.2) is 0 Å². The molecule has 0 amide bonds. The second-order valence-corrected chi connectivity index (χ2v) is 3.93. The molecule has 0 saturated carbocycles. The zero-order chi connectivity index (χ0) is 10.2. The smallest absolute Gasteiger partial charge is 0.398 e. The van der Waals surface area contributed by atoms with Gasteiger partial charge in [0.05, 0.1) is 5.56 Å². The van der Waals surface area contributed by atoms with Crippen LogP contribution >= 0.6 is 22.6 Å². The Bertz CT molecular complexity index is 333. The Hall–Kier alpha value is -0.460. The quantitative estimate of drug-likeness (QED) is 0.578. The number of nitrogens with two attached hydrogens (primary N) is 1. The van der Waals surface area contributed by atoms with Crippen molar-refractivity contribution in [2.45, 2.75) is 13.1 Å². The molecule has 0 atom stereocenters. The number of hydrogen-bond acceptors (Lipinski definition) is 1. The third kappa shape index (κ3) is 2.26. The minimum atomic E-state index is -4.37. The molecule has 0 radical (unpaired) electrons. The third-order valence-electron chi connectivity index (χ3n) is 1.66. The molecule has 1 aromatic rings. The van der Waals surface area contributed by atoms with Gasteiger partial charge in [0.2, 0.25) is 0 Å². The van der Waals surface area contributed by atoms with Crippen LogP contribution in [0.4, 0.5) is 18.9 Å². The van der Waals surface area contributed by atoms with Crippen molar-refractivity contribution < 1.29 is 13.2 Å². The molecule has 0 bridgehead atoms. The molecule has 72 valence electrons. The Morgan fingerprint density at radius 3 is 2.31 bits per heavy atom. The Kier molecular flexibility index (Phi) is 2.74. The van der Waals surface area contributed by atoms with Gasteiger partial charge in [-0.05, 0) is 47.2 Å². The van der Waals surface area contributed by atoms with Crippen molar-refractivity contribution in [1.29, 1.82) is 0 Å². The number of anilines is 1. The minimum absolute atomic E-state index is 0.187. The van der Waals surface area contributed by atoms with Crippen molar-refractivity contribution in [2.24, 2.45) is 0 Å². The summed E-state index contributed by atoms with van der Waals surface area (Å²) in [6, 6.07) is 2.66. The van der Waals surface area contributed by atoms with Crippen LogP contribution < -0.4 is 5.73 Å². The Labute approximate surface area is 87.3 Å². The molecule has 5 heteroatoms. The number of nitrogen functional groups attached to an aromatic ring is 1. The molecule has 0 spiro atoms. The average Bonchev–Trinajstić information content (AvgIpc) is 1.94. The molecule has 0 heterocycles. The van der Waals surface area contributed by atoms with Crippen LogP contribution in [0.3, 0.4) is 0 Å². The van der Waals surface area contributed by atoms with E-state index in [0.717, 1.165) is 6.07 Å². The zero-order valence-electron chi connectivity index (χ0n) is 6.74. The number of rotatable bonds is 0. The van der Waals surface area contributed by atoms with E-state index < -0.39 is 11.7 Å². The number of hydrogen-bond donors (Lipinski definition) is 1. The van der Waals surface area contributed by atoms with Crippen molar-refractivity contribution in [2.75, 3.05) is 5.73 Å². The topological polar surface area (TPSA) is 26.0 Å². The summed E-state index contributed by atoms with van der Waals surface area (Å²) in [4.78, 5) is 0. The predicted octanol–water partition coefficient (Wildman–Crippen LogP) is 3.20. The summed E-state index contributed by atoms with van der Waals surface area (Å²) >= 11 is 1.83. The van der Waals surface area contributed by atoms with Crippen LogP contribution in [0, 0.1) is 10.5 Å². The summed E-state index contributed by atoms with van der Waals surface area (Å²) in [5.41, 5.74) is 4.83. The summed E-state index contributed by atoms with van der Waals surface area (Å²) in [6.07, 6.45) is -4.37. The lowest BCUT2D eigenvalue weighted by atomic mass is 10.1. The van der Waals surface area contributed by atoms with E-state index in [1.807, 2.05) is 22.6 Å². The molecule has 0 fully saturated rings. The van der Waals surface area contributed by atoms with E-state index in [4.69, 9.17) is 5.73 Å². The Morgan fingerprint density at radius 1 is 1.31 bits per heavy atom. The highest BCUT2D eigenvalue weighted by molar-refractivity contribution is 14.1. The van der Waals surface area contributed by atoms with Gasteiger partial charge in [0, 0.05) is 9.26 Å². The molecule has 0 aliphatic carbocycles. The lowest BCUT2D eigenvalue weighted by Gasteiger charge is -2.12. The fraction of sp³-hybridized carbons (Fsp3) is 0.250. The summed E-state index contributed by atoms with van der Waals surface area (Å²) in [6.45, 7) is 1.56. The summed E-state index contributed by atoms with van der Waals surface area (Å²) in [5.74, 6) is 0. The van der Waals surface area contributed by atoms with Gasteiger partial charge < -0.3 is 5.73 Å². The molecule has 1 rings (SSSR count). The van der Waals surface area contributed by atoms with Gasteiger partial charge in [-0.15, -0.1) is 0 Å². The molecule has 0 aromatic heterocycles. The SMILES string of the molecule is Cc1cc(I)cc(C(F)(F)F)c1N. The van der Waals surface area contributed by atoms with Crippen LogP contribution in [0.15, 0.2) is 12.1 Å². The fourth-order valence-corrected chi connectivity index (χ4v) is 1.77. The van der Waals surface area contributed by atoms with Gasteiger partial charge in [0.1, 0.15) is 0 Å². The van der Waals surface area contributed by atoms with Crippen molar-refractivity contribution in [3.63, 3.8) is 0 Å². The van der Waals surface area contributed by atoms with Crippen LogP contribution in [0.2, 0.25) is 0 Å². The van der Waals surface area contributed by atoms with Gasteiger partial charge in [0.25, 0.3) is 0 Å². The first-order chi connectivity index (χ1) is 5.82. The fourth-order valence-electron chi connectivity index (χ4n) is 0.989. The van der Waals surface area contributed by atoms with E-state index in [2.05, 4.69) is 0 Å². The van der Waals surface area contributed by atoms with Gasteiger partial charge in [-0.2, -0.15) is 13.2 Å². The maximum Gasteiger partial charge on any atom is 0.418 e. The van der Waals surface area contributed by atoms with Gasteiger partial charge in [-0.3, -0.25) is 0 Å². The number of benzene rings is 1. The van der Waals surface area contributed by atoms with E-state index in [9.17, 15) is 13.2 Å². The largest absolute Gasteiger partial charge is 0.418 e. The van der Waals surface area contributed by atoms with Crippen LogP contribution in [0.5, 0.6) is 0 Å². The molecule has 0 aliphatic rings. The average molecular weight is 301 g/mol. The van der Waals surface area contributed by atoms with E-state index in [1.165, 1.54) is 0 Å². The summed E-state index contributed by atoms with van der Waals surface area (Å²) in [7, 11) is 0. The third-order valence-corrected chi connectivity index (χ3v) is 2.28. The predicted molar refractivity (Wildman–Crippen MR) is 53.3 cm³/mol. The monoisotopic (exact) mass is 301 g/mol. The van der Waals surface area contributed by atoms with Crippen molar-refractivity contribution in [3.05, 3.63) is 26.8 Å². The molecule has 2 N–H and O–H groups in total. The molecule has 1 nitrogen and oxygen atoms in total. The number of halogens is 4.